The maximum Gasteiger partial charge on any atom is 0.187 e. The molecule has 0 aliphatic rings. The number of rotatable bonds is 7. The molecule has 3 aromatic carbocycles. The predicted molar refractivity (Wildman–Crippen MR) is 115 cm³/mol. The fourth-order valence-corrected chi connectivity index (χ4v) is 3.93. The van der Waals surface area contributed by atoms with Gasteiger partial charge in [0.25, 0.3) is 0 Å². The van der Waals surface area contributed by atoms with Crippen molar-refractivity contribution in [1.29, 1.82) is 0 Å². The molecule has 0 fully saturated rings. The number of thioether (sulfide) groups is 1. The van der Waals surface area contributed by atoms with Gasteiger partial charge in [-0.25, -0.2) is 0 Å². The van der Waals surface area contributed by atoms with Crippen LogP contribution in [0.1, 0.15) is 21.5 Å². The minimum Gasteiger partial charge on any atom is -0.293 e. The van der Waals surface area contributed by atoms with Crippen LogP contribution >= 0.6 is 11.8 Å². The Morgan fingerprint density at radius 3 is 1.93 bits per heavy atom. The first-order valence-corrected chi connectivity index (χ1v) is 10.3. The molecule has 0 aromatic heterocycles. The first-order valence-electron chi connectivity index (χ1n) is 9.03. The molecule has 0 radical (unpaired) electrons. The molecule has 0 bridgehead atoms. The molecule has 1 unspecified atom stereocenters. The Morgan fingerprint density at radius 1 is 0.852 bits per heavy atom. The summed E-state index contributed by atoms with van der Waals surface area (Å²) in [5.41, 5.74) is 2.13. The van der Waals surface area contributed by atoms with E-state index in [1.54, 1.807) is 11.8 Å². The third kappa shape index (κ3) is 4.00. The highest BCUT2D eigenvalue weighted by Gasteiger charge is 2.42. The van der Waals surface area contributed by atoms with Gasteiger partial charge in [-0.3, -0.25) is 9.69 Å². The van der Waals surface area contributed by atoms with E-state index in [1.165, 1.54) is 0 Å². The number of hydrogen-bond donors (Lipinski definition) is 0. The van der Waals surface area contributed by atoms with Crippen molar-refractivity contribution in [3.8, 4) is 0 Å². The van der Waals surface area contributed by atoms with Crippen molar-refractivity contribution in [2.75, 3.05) is 20.4 Å². The zero-order chi connectivity index (χ0) is 19.3. The lowest BCUT2D eigenvalue weighted by atomic mass is 9.77. The van der Waals surface area contributed by atoms with Crippen molar-refractivity contribution in [3.63, 3.8) is 0 Å². The fraction of sp³-hybridized carbons (Fsp3) is 0.208. The van der Waals surface area contributed by atoms with Gasteiger partial charge in [0.1, 0.15) is 5.54 Å². The normalized spacial score (nSPS) is 13.3. The quantitative estimate of drug-likeness (QED) is 0.413. The van der Waals surface area contributed by atoms with Crippen molar-refractivity contribution in [1.82, 2.24) is 4.90 Å². The molecule has 0 saturated carbocycles. The van der Waals surface area contributed by atoms with Gasteiger partial charge in [0.2, 0.25) is 0 Å². The number of carbonyl (C=O) groups excluding carboxylic acids is 1. The van der Waals surface area contributed by atoms with E-state index in [2.05, 4.69) is 29.2 Å². The predicted octanol–water partition coefficient (Wildman–Crippen LogP) is 5.29. The number of Topliss-reactive ketones (excluding diaryl/α,β-unsaturated/α-hetero) is 1. The summed E-state index contributed by atoms with van der Waals surface area (Å²) in [6, 6.07) is 28.3. The summed E-state index contributed by atoms with van der Waals surface area (Å²) >= 11 is 1.68. The minimum absolute atomic E-state index is 0.121. The third-order valence-electron chi connectivity index (χ3n) is 5.05. The van der Waals surface area contributed by atoms with Crippen LogP contribution in [0.3, 0.4) is 0 Å². The molecule has 0 aliphatic heterocycles. The first-order chi connectivity index (χ1) is 13.1. The van der Waals surface area contributed by atoms with E-state index in [0.29, 0.717) is 6.42 Å². The van der Waals surface area contributed by atoms with Gasteiger partial charge >= 0.3 is 0 Å². The Balaban J connectivity index is 2.14. The van der Waals surface area contributed by atoms with Crippen LogP contribution < -0.4 is 0 Å². The van der Waals surface area contributed by atoms with Gasteiger partial charge in [-0.15, -0.1) is 11.8 Å². The average molecular weight is 376 g/mol. The number of benzene rings is 3. The van der Waals surface area contributed by atoms with E-state index < -0.39 is 5.54 Å². The summed E-state index contributed by atoms with van der Waals surface area (Å²) < 4.78 is 0. The number of likely N-dealkylation sites (N-methyl/N-ethyl adjacent to an activating group) is 1. The first kappa shape index (κ1) is 19.4. The van der Waals surface area contributed by atoms with Crippen molar-refractivity contribution < 1.29 is 4.79 Å². The largest absolute Gasteiger partial charge is 0.293 e. The molecule has 0 spiro atoms. The Labute approximate surface area is 166 Å². The van der Waals surface area contributed by atoms with Crippen molar-refractivity contribution in [2.24, 2.45) is 0 Å². The summed E-state index contributed by atoms with van der Waals surface area (Å²) in [5.74, 6) is 0.121. The summed E-state index contributed by atoms with van der Waals surface area (Å²) in [7, 11) is 3.98. The number of hydrogen-bond acceptors (Lipinski definition) is 3. The van der Waals surface area contributed by atoms with E-state index in [4.69, 9.17) is 0 Å². The molecule has 0 aliphatic carbocycles. The lowest BCUT2D eigenvalue weighted by Crippen LogP contribution is -2.50. The molecule has 138 valence electrons. The van der Waals surface area contributed by atoms with Gasteiger partial charge in [0.05, 0.1) is 0 Å². The molecule has 0 saturated heterocycles. The van der Waals surface area contributed by atoms with E-state index in [-0.39, 0.29) is 5.78 Å². The van der Waals surface area contributed by atoms with E-state index in [1.807, 2.05) is 81.0 Å². The number of nitrogens with zero attached hydrogens (tertiary/aromatic N) is 1. The van der Waals surface area contributed by atoms with Gasteiger partial charge in [0, 0.05) is 16.9 Å². The highest BCUT2D eigenvalue weighted by Crippen LogP contribution is 2.35. The summed E-state index contributed by atoms with van der Waals surface area (Å²) in [6.45, 7) is 0. The van der Waals surface area contributed by atoms with E-state index in [0.717, 1.165) is 21.6 Å². The summed E-state index contributed by atoms with van der Waals surface area (Å²) in [6.07, 6.45) is 2.66. The zero-order valence-corrected chi connectivity index (χ0v) is 16.9. The molecule has 1 atom stereocenters. The fourth-order valence-electron chi connectivity index (χ4n) is 3.52. The zero-order valence-electron chi connectivity index (χ0n) is 16.1. The molecule has 3 aromatic rings. The molecule has 0 heterocycles. The van der Waals surface area contributed by atoms with Gasteiger partial charge < -0.3 is 0 Å². The highest BCUT2D eigenvalue weighted by atomic mass is 32.2. The minimum atomic E-state index is -0.760. The SMILES string of the molecule is CSc1ccc(C(=O)C(Cc2ccccc2)(c2ccccc2)N(C)C)cc1. The molecule has 0 N–H and O–H groups in total. The second-order valence-corrected chi connectivity index (χ2v) is 7.72. The van der Waals surface area contributed by atoms with Crippen LogP contribution in [0.25, 0.3) is 0 Å². The van der Waals surface area contributed by atoms with Crippen molar-refractivity contribution >= 4 is 17.5 Å². The Hall–Kier alpha value is -2.36. The average Bonchev–Trinajstić information content (AvgIpc) is 2.73. The molecular weight excluding hydrogens is 350 g/mol. The molecule has 2 nitrogen and oxygen atoms in total. The van der Waals surface area contributed by atoms with E-state index in [9.17, 15) is 4.79 Å². The maximum absolute atomic E-state index is 13.9. The van der Waals surface area contributed by atoms with Crippen LogP contribution in [0.2, 0.25) is 0 Å². The number of carbonyl (C=O) groups is 1. The summed E-state index contributed by atoms with van der Waals surface area (Å²) in [5, 5.41) is 0. The molecular formula is C24H25NOS. The van der Waals surface area contributed by atoms with Crippen LogP contribution in [0.4, 0.5) is 0 Å². The molecule has 3 heteroatoms. The molecule has 0 amide bonds. The van der Waals surface area contributed by atoms with Gasteiger partial charge in [-0.05, 0) is 43.6 Å². The van der Waals surface area contributed by atoms with Crippen LogP contribution in [0, 0.1) is 0 Å². The van der Waals surface area contributed by atoms with Gasteiger partial charge in [-0.2, -0.15) is 0 Å². The lowest BCUT2D eigenvalue weighted by Gasteiger charge is -2.39. The highest BCUT2D eigenvalue weighted by molar-refractivity contribution is 7.98. The Bertz CT molecular complexity index is 875. The van der Waals surface area contributed by atoms with Crippen molar-refractivity contribution in [3.05, 3.63) is 102 Å². The molecule has 3 rings (SSSR count). The van der Waals surface area contributed by atoms with Crippen molar-refractivity contribution in [2.45, 2.75) is 16.9 Å². The summed E-state index contributed by atoms with van der Waals surface area (Å²) in [4.78, 5) is 17.1. The monoisotopic (exact) mass is 375 g/mol. The topological polar surface area (TPSA) is 20.3 Å². The maximum atomic E-state index is 13.9. The van der Waals surface area contributed by atoms with Crippen LogP contribution in [-0.2, 0) is 12.0 Å². The second kappa shape index (κ2) is 8.55. The van der Waals surface area contributed by atoms with Gasteiger partial charge in [-0.1, -0.05) is 72.8 Å². The second-order valence-electron chi connectivity index (χ2n) is 6.84. The van der Waals surface area contributed by atoms with E-state index >= 15 is 0 Å². The number of ketones is 1. The Kier molecular flexibility index (Phi) is 6.15. The van der Waals surface area contributed by atoms with Crippen LogP contribution in [-0.4, -0.2) is 31.0 Å². The lowest BCUT2D eigenvalue weighted by molar-refractivity contribution is 0.0670. The van der Waals surface area contributed by atoms with Crippen LogP contribution in [0.15, 0.2) is 89.8 Å². The molecule has 27 heavy (non-hydrogen) atoms. The Morgan fingerprint density at radius 2 is 1.41 bits per heavy atom. The standard InChI is InChI=1S/C24H25NOS/c1-25(2)24(21-12-8-5-9-13-21,18-19-10-6-4-7-11-19)23(26)20-14-16-22(27-3)17-15-20/h4-17H,18H2,1-3H3. The smallest absolute Gasteiger partial charge is 0.187 e. The van der Waals surface area contributed by atoms with Crippen LogP contribution in [0.5, 0.6) is 0 Å². The van der Waals surface area contributed by atoms with Gasteiger partial charge in [0.15, 0.2) is 5.78 Å². The third-order valence-corrected chi connectivity index (χ3v) is 5.79.